The van der Waals surface area contributed by atoms with Crippen molar-refractivity contribution >= 4 is 17.7 Å². The third-order valence-corrected chi connectivity index (χ3v) is 2.72. The molecule has 1 aromatic carbocycles. The number of amides is 1. The smallest absolute Gasteiger partial charge is 0.411 e. The highest BCUT2D eigenvalue weighted by Gasteiger charge is 2.31. The molecule has 5 heteroatoms. The van der Waals surface area contributed by atoms with Crippen LogP contribution in [0.2, 0.25) is 0 Å². The van der Waals surface area contributed by atoms with E-state index < -0.39 is 6.09 Å². The molecule has 2 atom stereocenters. The molecule has 0 saturated carbocycles. The van der Waals surface area contributed by atoms with Gasteiger partial charge in [0.2, 0.25) is 0 Å². The third-order valence-electron chi connectivity index (χ3n) is 2.72. The van der Waals surface area contributed by atoms with Crippen LogP contribution in [0.3, 0.4) is 0 Å². The number of nitrogens with one attached hydrogen (secondary N) is 1. The van der Waals surface area contributed by atoms with Gasteiger partial charge in [-0.05, 0) is 12.1 Å². The summed E-state index contributed by atoms with van der Waals surface area (Å²) in [5.74, 6) is -0.345. The molecule has 1 aliphatic heterocycles. The van der Waals surface area contributed by atoms with Crippen molar-refractivity contribution in [3.8, 4) is 0 Å². The first-order valence-corrected chi connectivity index (χ1v) is 5.84. The van der Waals surface area contributed by atoms with Gasteiger partial charge in [0.15, 0.2) is 0 Å². The van der Waals surface area contributed by atoms with Gasteiger partial charge in [-0.25, -0.2) is 4.79 Å². The molecule has 1 aromatic rings. The van der Waals surface area contributed by atoms with E-state index in [4.69, 9.17) is 9.47 Å². The van der Waals surface area contributed by atoms with E-state index in [0.717, 1.165) is 0 Å². The molecule has 18 heavy (non-hydrogen) atoms. The number of cyclic esters (lactones) is 1. The number of benzene rings is 1. The first kappa shape index (κ1) is 12.4. The van der Waals surface area contributed by atoms with Crippen LogP contribution in [0.25, 0.3) is 0 Å². The quantitative estimate of drug-likeness (QED) is 0.834. The van der Waals surface area contributed by atoms with Gasteiger partial charge in [-0.15, -0.1) is 0 Å². The van der Waals surface area contributed by atoms with Gasteiger partial charge in [-0.2, -0.15) is 0 Å². The minimum absolute atomic E-state index is 0.0920. The lowest BCUT2D eigenvalue weighted by molar-refractivity contribution is -0.145. The molecule has 0 spiro atoms. The largest absolute Gasteiger partial charge is 0.458 e. The lowest BCUT2D eigenvalue weighted by atomic mass is 10.1. The zero-order valence-corrected chi connectivity index (χ0v) is 10.1. The normalized spacial score (nSPS) is 22.4. The number of rotatable bonds is 3. The summed E-state index contributed by atoms with van der Waals surface area (Å²) in [5.41, 5.74) is 0.666. The molecular formula is C13H15NO4. The van der Waals surface area contributed by atoms with Crippen molar-refractivity contribution in [2.45, 2.75) is 19.4 Å². The van der Waals surface area contributed by atoms with Crippen molar-refractivity contribution in [1.82, 2.24) is 0 Å². The van der Waals surface area contributed by atoms with Crippen LogP contribution in [0.1, 0.15) is 13.3 Å². The molecule has 1 saturated heterocycles. The summed E-state index contributed by atoms with van der Waals surface area (Å²) in [4.78, 5) is 22.6. The Labute approximate surface area is 105 Å². The summed E-state index contributed by atoms with van der Waals surface area (Å²) in [6, 6.07) is 9.01. The molecule has 5 nitrogen and oxygen atoms in total. The number of carbonyl (C=O) groups is 2. The zero-order chi connectivity index (χ0) is 13.0. The SMILES string of the molecule is CC1CC(COC(=O)Nc2ccccc2)OC1=O. The van der Waals surface area contributed by atoms with E-state index in [1.54, 1.807) is 19.1 Å². The maximum Gasteiger partial charge on any atom is 0.411 e. The molecule has 0 bridgehead atoms. The summed E-state index contributed by atoms with van der Waals surface area (Å²) >= 11 is 0. The predicted octanol–water partition coefficient (Wildman–Crippen LogP) is 2.19. The molecule has 1 fully saturated rings. The summed E-state index contributed by atoms with van der Waals surface area (Å²) in [7, 11) is 0. The molecule has 1 N–H and O–H groups in total. The highest BCUT2D eigenvalue weighted by atomic mass is 16.6. The van der Waals surface area contributed by atoms with Gasteiger partial charge in [0.1, 0.15) is 12.7 Å². The monoisotopic (exact) mass is 249 g/mol. The Balaban J connectivity index is 1.74. The summed E-state index contributed by atoms with van der Waals surface area (Å²) in [5, 5.41) is 2.59. The minimum Gasteiger partial charge on any atom is -0.458 e. The van der Waals surface area contributed by atoms with Crippen LogP contribution in [0.15, 0.2) is 30.3 Å². The fraction of sp³-hybridized carbons (Fsp3) is 0.385. The van der Waals surface area contributed by atoms with Crippen LogP contribution >= 0.6 is 0 Å². The summed E-state index contributed by atoms with van der Waals surface area (Å²) in [6.07, 6.45) is -0.275. The van der Waals surface area contributed by atoms with Crippen molar-refractivity contribution in [2.24, 2.45) is 5.92 Å². The number of hydrogen-bond acceptors (Lipinski definition) is 4. The third kappa shape index (κ3) is 3.23. The van der Waals surface area contributed by atoms with E-state index in [0.29, 0.717) is 12.1 Å². The topological polar surface area (TPSA) is 64.6 Å². The van der Waals surface area contributed by atoms with Crippen LogP contribution in [0, 0.1) is 5.92 Å². The molecule has 0 aliphatic carbocycles. The second-order valence-electron chi connectivity index (χ2n) is 4.29. The second-order valence-corrected chi connectivity index (χ2v) is 4.29. The molecule has 1 heterocycles. The molecular weight excluding hydrogens is 234 g/mol. The molecule has 1 amide bonds. The Bertz CT molecular complexity index is 432. The Morgan fingerprint density at radius 2 is 2.17 bits per heavy atom. The van der Waals surface area contributed by atoms with Crippen molar-refractivity contribution in [3.05, 3.63) is 30.3 Å². The number of ether oxygens (including phenoxy) is 2. The Morgan fingerprint density at radius 3 is 2.78 bits per heavy atom. The van der Waals surface area contributed by atoms with E-state index in [1.165, 1.54) is 0 Å². The molecule has 0 radical (unpaired) electrons. The van der Waals surface area contributed by atoms with E-state index in [2.05, 4.69) is 5.32 Å². The van der Waals surface area contributed by atoms with Crippen LogP contribution < -0.4 is 5.32 Å². The Hall–Kier alpha value is -2.04. The molecule has 0 aromatic heterocycles. The van der Waals surface area contributed by atoms with Crippen LogP contribution in [0.5, 0.6) is 0 Å². The predicted molar refractivity (Wildman–Crippen MR) is 65.1 cm³/mol. The first-order chi connectivity index (χ1) is 8.65. The number of hydrogen-bond donors (Lipinski definition) is 1. The average Bonchev–Trinajstić information content (AvgIpc) is 2.68. The van der Waals surface area contributed by atoms with E-state index in [-0.39, 0.29) is 24.6 Å². The standard InChI is InChI=1S/C13H15NO4/c1-9-7-11(18-12(9)15)8-17-13(16)14-10-5-3-2-4-6-10/h2-6,9,11H,7-8H2,1H3,(H,14,16). The van der Waals surface area contributed by atoms with Gasteiger partial charge in [-0.1, -0.05) is 25.1 Å². The van der Waals surface area contributed by atoms with Gasteiger partial charge in [0, 0.05) is 12.1 Å². The van der Waals surface area contributed by atoms with E-state index in [9.17, 15) is 9.59 Å². The minimum atomic E-state index is -0.545. The molecule has 96 valence electrons. The van der Waals surface area contributed by atoms with Crippen molar-refractivity contribution in [3.63, 3.8) is 0 Å². The maximum atomic E-state index is 11.5. The van der Waals surface area contributed by atoms with Crippen LogP contribution in [-0.4, -0.2) is 24.8 Å². The Kier molecular flexibility index (Phi) is 3.82. The number of anilines is 1. The second kappa shape index (κ2) is 5.53. The fourth-order valence-electron chi connectivity index (χ4n) is 1.77. The molecule has 2 rings (SSSR count). The van der Waals surface area contributed by atoms with Gasteiger partial charge in [-0.3, -0.25) is 10.1 Å². The molecule has 1 aliphatic rings. The van der Waals surface area contributed by atoms with E-state index in [1.807, 2.05) is 18.2 Å². The van der Waals surface area contributed by atoms with Gasteiger partial charge in [0.05, 0.1) is 5.92 Å². The summed E-state index contributed by atoms with van der Waals surface area (Å²) in [6.45, 7) is 1.89. The summed E-state index contributed by atoms with van der Waals surface area (Å²) < 4.78 is 10.0. The first-order valence-electron chi connectivity index (χ1n) is 5.84. The number of esters is 1. The van der Waals surface area contributed by atoms with E-state index >= 15 is 0 Å². The number of para-hydroxylation sites is 1. The lowest BCUT2D eigenvalue weighted by Crippen LogP contribution is -2.21. The zero-order valence-electron chi connectivity index (χ0n) is 10.1. The highest BCUT2D eigenvalue weighted by molar-refractivity contribution is 5.84. The maximum absolute atomic E-state index is 11.5. The van der Waals surface area contributed by atoms with Gasteiger partial charge >= 0.3 is 12.1 Å². The van der Waals surface area contributed by atoms with Crippen LogP contribution in [-0.2, 0) is 14.3 Å². The van der Waals surface area contributed by atoms with Crippen molar-refractivity contribution < 1.29 is 19.1 Å². The fourth-order valence-corrected chi connectivity index (χ4v) is 1.77. The lowest BCUT2D eigenvalue weighted by Gasteiger charge is -2.10. The number of carbonyl (C=O) groups excluding carboxylic acids is 2. The Morgan fingerprint density at radius 1 is 1.44 bits per heavy atom. The highest BCUT2D eigenvalue weighted by Crippen LogP contribution is 2.20. The average molecular weight is 249 g/mol. The van der Waals surface area contributed by atoms with Crippen molar-refractivity contribution in [2.75, 3.05) is 11.9 Å². The van der Waals surface area contributed by atoms with Crippen molar-refractivity contribution in [1.29, 1.82) is 0 Å². The van der Waals surface area contributed by atoms with Gasteiger partial charge in [0.25, 0.3) is 0 Å². The molecule has 2 unspecified atom stereocenters. The van der Waals surface area contributed by atoms with Gasteiger partial charge < -0.3 is 9.47 Å². The van der Waals surface area contributed by atoms with Crippen LogP contribution in [0.4, 0.5) is 10.5 Å².